The molecule has 0 aliphatic carbocycles. The number of hydrogen-bond acceptors (Lipinski definition) is 4. The molecule has 0 unspecified atom stereocenters. The van der Waals surface area contributed by atoms with Gasteiger partial charge in [0.15, 0.2) is 5.82 Å². The van der Waals surface area contributed by atoms with E-state index in [1.165, 1.54) is 0 Å². The number of nitrogens with zero attached hydrogens (tertiary/aromatic N) is 3. The summed E-state index contributed by atoms with van der Waals surface area (Å²) in [4.78, 5) is 18.2. The second-order valence-corrected chi connectivity index (χ2v) is 4.71. The molecule has 0 atom stereocenters. The SMILES string of the molecule is CCCn1ccnc(NCCCCN(C)C)c1=O. The topological polar surface area (TPSA) is 50.2 Å². The van der Waals surface area contributed by atoms with Crippen LogP contribution in [-0.2, 0) is 6.54 Å². The maximum Gasteiger partial charge on any atom is 0.293 e. The van der Waals surface area contributed by atoms with Crippen LogP contribution in [-0.4, -0.2) is 41.6 Å². The Bertz CT molecular complexity index is 400. The number of aryl methyl sites for hydroxylation is 1. The summed E-state index contributed by atoms with van der Waals surface area (Å²) in [7, 11) is 4.13. The van der Waals surface area contributed by atoms with Gasteiger partial charge >= 0.3 is 0 Å². The van der Waals surface area contributed by atoms with Gasteiger partial charge in [-0.15, -0.1) is 0 Å². The Hall–Kier alpha value is -1.36. The maximum absolute atomic E-state index is 12.0. The van der Waals surface area contributed by atoms with Crippen LogP contribution in [0.1, 0.15) is 26.2 Å². The van der Waals surface area contributed by atoms with E-state index in [0.29, 0.717) is 5.82 Å². The van der Waals surface area contributed by atoms with E-state index in [0.717, 1.165) is 38.9 Å². The first kappa shape index (κ1) is 14.7. The molecule has 5 heteroatoms. The smallest absolute Gasteiger partial charge is 0.293 e. The first-order valence-corrected chi connectivity index (χ1v) is 6.59. The van der Waals surface area contributed by atoms with Crippen LogP contribution in [0.15, 0.2) is 17.2 Å². The van der Waals surface area contributed by atoms with Crippen molar-refractivity contribution < 1.29 is 0 Å². The zero-order chi connectivity index (χ0) is 13.4. The minimum absolute atomic E-state index is 0.0213. The lowest BCUT2D eigenvalue weighted by molar-refractivity contribution is 0.396. The van der Waals surface area contributed by atoms with E-state index in [9.17, 15) is 4.79 Å². The molecule has 1 rings (SSSR count). The van der Waals surface area contributed by atoms with Gasteiger partial charge in [-0.25, -0.2) is 4.98 Å². The van der Waals surface area contributed by atoms with Gasteiger partial charge in [-0.3, -0.25) is 4.79 Å². The fraction of sp³-hybridized carbons (Fsp3) is 0.692. The highest BCUT2D eigenvalue weighted by Gasteiger charge is 2.03. The van der Waals surface area contributed by atoms with Crippen molar-refractivity contribution in [1.82, 2.24) is 14.5 Å². The molecule has 1 aromatic heterocycles. The maximum atomic E-state index is 12.0. The lowest BCUT2D eigenvalue weighted by atomic mass is 10.3. The standard InChI is InChI=1S/C13H24N4O/c1-4-9-17-11-8-15-12(13(17)18)14-7-5-6-10-16(2)3/h8,11H,4-7,9-10H2,1-3H3,(H,14,15). The summed E-state index contributed by atoms with van der Waals surface area (Å²) in [6.45, 7) is 4.67. The largest absolute Gasteiger partial charge is 0.365 e. The molecule has 1 N–H and O–H groups in total. The van der Waals surface area contributed by atoms with Crippen molar-refractivity contribution in [3.63, 3.8) is 0 Å². The van der Waals surface area contributed by atoms with Crippen LogP contribution in [0.5, 0.6) is 0 Å². The van der Waals surface area contributed by atoms with E-state index in [4.69, 9.17) is 0 Å². The molecule has 0 aliphatic rings. The van der Waals surface area contributed by atoms with Crippen LogP contribution in [0.2, 0.25) is 0 Å². The molecule has 5 nitrogen and oxygen atoms in total. The summed E-state index contributed by atoms with van der Waals surface area (Å²) in [5.74, 6) is 0.468. The summed E-state index contributed by atoms with van der Waals surface area (Å²) in [6.07, 6.45) is 6.53. The van der Waals surface area contributed by atoms with Gasteiger partial charge in [0, 0.05) is 25.5 Å². The van der Waals surface area contributed by atoms with Crippen LogP contribution in [0.25, 0.3) is 0 Å². The van der Waals surface area contributed by atoms with Gasteiger partial charge in [0.1, 0.15) is 0 Å². The fourth-order valence-electron chi connectivity index (χ4n) is 1.75. The molecule has 0 amide bonds. The third-order valence-corrected chi connectivity index (χ3v) is 2.70. The van der Waals surface area contributed by atoms with Gasteiger partial charge < -0.3 is 14.8 Å². The Morgan fingerprint density at radius 2 is 2.17 bits per heavy atom. The Morgan fingerprint density at radius 3 is 2.83 bits per heavy atom. The van der Waals surface area contributed by atoms with Crippen molar-refractivity contribution >= 4 is 5.82 Å². The van der Waals surface area contributed by atoms with E-state index in [1.54, 1.807) is 17.0 Å². The van der Waals surface area contributed by atoms with Crippen molar-refractivity contribution in [1.29, 1.82) is 0 Å². The number of unbranched alkanes of at least 4 members (excludes halogenated alkanes) is 1. The normalized spacial score (nSPS) is 10.9. The number of rotatable bonds is 8. The van der Waals surface area contributed by atoms with Crippen LogP contribution in [0.3, 0.4) is 0 Å². The molecule has 102 valence electrons. The number of nitrogens with one attached hydrogen (secondary N) is 1. The second-order valence-electron chi connectivity index (χ2n) is 4.71. The summed E-state index contributed by atoms with van der Waals surface area (Å²) < 4.78 is 1.70. The zero-order valence-electron chi connectivity index (χ0n) is 11.6. The van der Waals surface area contributed by atoms with E-state index in [1.807, 2.05) is 0 Å². The summed E-state index contributed by atoms with van der Waals surface area (Å²) in [5.41, 5.74) is -0.0213. The number of hydrogen-bond donors (Lipinski definition) is 1. The third kappa shape index (κ3) is 4.87. The first-order valence-electron chi connectivity index (χ1n) is 6.59. The van der Waals surface area contributed by atoms with Gasteiger partial charge in [-0.2, -0.15) is 0 Å². The van der Waals surface area contributed by atoms with Crippen molar-refractivity contribution in [2.75, 3.05) is 32.5 Å². The molecule has 0 radical (unpaired) electrons. The number of anilines is 1. The fourth-order valence-corrected chi connectivity index (χ4v) is 1.75. The van der Waals surface area contributed by atoms with Crippen molar-refractivity contribution in [2.24, 2.45) is 0 Å². The quantitative estimate of drug-likeness (QED) is 0.711. The Kier molecular flexibility index (Phi) is 6.43. The minimum Gasteiger partial charge on any atom is -0.365 e. The third-order valence-electron chi connectivity index (χ3n) is 2.70. The molecule has 18 heavy (non-hydrogen) atoms. The Balaban J connectivity index is 2.42. The molecule has 0 saturated carbocycles. The minimum atomic E-state index is -0.0213. The van der Waals surface area contributed by atoms with Gasteiger partial charge in [0.05, 0.1) is 0 Å². The van der Waals surface area contributed by atoms with Crippen LogP contribution in [0, 0.1) is 0 Å². The average Bonchev–Trinajstić information content (AvgIpc) is 2.33. The predicted molar refractivity (Wildman–Crippen MR) is 75.1 cm³/mol. The molecule has 0 fully saturated rings. The molecule has 1 heterocycles. The Labute approximate surface area is 109 Å². The highest BCUT2D eigenvalue weighted by Crippen LogP contribution is 1.96. The van der Waals surface area contributed by atoms with E-state index < -0.39 is 0 Å². The van der Waals surface area contributed by atoms with E-state index in [2.05, 4.69) is 36.2 Å². The van der Waals surface area contributed by atoms with Gasteiger partial charge in [0.2, 0.25) is 0 Å². The molecular weight excluding hydrogens is 228 g/mol. The van der Waals surface area contributed by atoms with Gasteiger partial charge in [-0.1, -0.05) is 6.92 Å². The number of aromatic nitrogens is 2. The van der Waals surface area contributed by atoms with Gasteiger partial charge in [-0.05, 0) is 39.9 Å². The highest BCUT2D eigenvalue weighted by molar-refractivity contribution is 5.30. The lowest BCUT2D eigenvalue weighted by Gasteiger charge is -2.10. The summed E-state index contributed by atoms with van der Waals surface area (Å²) in [6, 6.07) is 0. The predicted octanol–water partition coefficient (Wildman–Crippen LogP) is 1.41. The van der Waals surface area contributed by atoms with Crippen molar-refractivity contribution in [3.8, 4) is 0 Å². The zero-order valence-corrected chi connectivity index (χ0v) is 11.6. The van der Waals surface area contributed by atoms with E-state index >= 15 is 0 Å². The second kappa shape index (κ2) is 7.87. The van der Waals surface area contributed by atoms with Crippen molar-refractivity contribution in [3.05, 3.63) is 22.7 Å². The molecule has 0 saturated heterocycles. The monoisotopic (exact) mass is 252 g/mol. The lowest BCUT2D eigenvalue weighted by Crippen LogP contribution is -2.24. The summed E-state index contributed by atoms with van der Waals surface area (Å²) in [5, 5.41) is 3.12. The molecule has 0 spiro atoms. The molecular formula is C13H24N4O. The van der Waals surface area contributed by atoms with Crippen LogP contribution >= 0.6 is 0 Å². The molecule has 0 aromatic carbocycles. The van der Waals surface area contributed by atoms with E-state index in [-0.39, 0.29) is 5.56 Å². The molecule has 0 aliphatic heterocycles. The Morgan fingerprint density at radius 1 is 1.39 bits per heavy atom. The highest BCUT2D eigenvalue weighted by atomic mass is 16.1. The first-order chi connectivity index (χ1) is 8.65. The average molecular weight is 252 g/mol. The summed E-state index contributed by atoms with van der Waals surface area (Å²) >= 11 is 0. The van der Waals surface area contributed by atoms with Crippen LogP contribution < -0.4 is 10.9 Å². The molecule has 0 bridgehead atoms. The van der Waals surface area contributed by atoms with Gasteiger partial charge in [0.25, 0.3) is 5.56 Å². The molecule has 1 aromatic rings. The van der Waals surface area contributed by atoms with Crippen LogP contribution in [0.4, 0.5) is 5.82 Å². The van der Waals surface area contributed by atoms with Crippen molar-refractivity contribution in [2.45, 2.75) is 32.7 Å².